The Labute approximate surface area is 104 Å². The number of aromatic carboxylic acids is 1. The lowest BCUT2D eigenvalue weighted by molar-refractivity contribution is 0.0695. The maximum atomic E-state index is 12.0. The van der Waals surface area contributed by atoms with E-state index in [2.05, 4.69) is 6.58 Å². The molecule has 0 atom stereocenters. The van der Waals surface area contributed by atoms with Gasteiger partial charge in [0, 0.05) is 18.1 Å². The topological polar surface area (TPSA) is 59.3 Å². The van der Waals surface area contributed by atoms with E-state index in [4.69, 9.17) is 5.11 Å². The van der Waals surface area contributed by atoms with Crippen LogP contribution in [0.1, 0.15) is 16.8 Å². The number of rotatable bonds is 4. The first-order chi connectivity index (χ1) is 8.65. The number of fused-ring (bicyclic) bond motifs is 1. The van der Waals surface area contributed by atoms with Crippen molar-refractivity contribution in [3.63, 3.8) is 0 Å². The van der Waals surface area contributed by atoms with Gasteiger partial charge >= 0.3 is 5.97 Å². The number of allylic oxidation sites excluding steroid dienone is 1. The van der Waals surface area contributed by atoms with Crippen molar-refractivity contribution in [1.82, 2.24) is 4.57 Å². The van der Waals surface area contributed by atoms with Gasteiger partial charge in [0.25, 0.3) is 0 Å². The zero-order chi connectivity index (χ0) is 13.1. The summed E-state index contributed by atoms with van der Waals surface area (Å²) < 4.78 is 1.78. The second-order valence-electron chi connectivity index (χ2n) is 3.96. The van der Waals surface area contributed by atoms with Gasteiger partial charge in [-0.1, -0.05) is 18.2 Å². The summed E-state index contributed by atoms with van der Waals surface area (Å²) in [5.74, 6) is -1.20. The lowest BCUT2D eigenvalue weighted by Crippen LogP contribution is -2.18. The van der Waals surface area contributed by atoms with Crippen LogP contribution in [0.3, 0.4) is 0 Å². The number of benzene rings is 1. The average molecular weight is 243 g/mol. The summed E-state index contributed by atoms with van der Waals surface area (Å²) in [7, 11) is 0. The molecule has 0 unspecified atom stereocenters. The highest BCUT2D eigenvalue weighted by Gasteiger charge is 2.13. The summed E-state index contributed by atoms with van der Waals surface area (Å²) in [6.07, 6.45) is 3.87. The van der Waals surface area contributed by atoms with Crippen molar-refractivity contribution in [2.45, 2.75) is 13.0 Å². The number of carbonyl (C=O) groups is 1. The molecule has 4 nitrogen and oxygen atoms in total. The SMILES string of the molecule is C=CCCn1cc(C(=O)O)c(=O)c2ccccc21. The monoisotopic (exact) mass is 243 g/mol. The molecule has 0 aliphatic rings. The fraction of sp³-hybridized carbons (Fsp3) is 0.143. The van der Waals surface area contributed by atoms with Crippen LogP contribution >= 0.6 is 0 Å². The molecule has 0 spiro atoms. The fourth-order valence-electron chi connectivity index (χ4n) is 1.91. The minimum Gasteiger partial charge on any atom is -0.477 e. The molecule has 0 bridgehead atoms. The fourth-order valence-corrected chi connectivity index (χ4v) is 1.91. The standard InChI is InChI=1S/C14H13NO3/c1-2-3-8-15-9-11(14(17)18)13(16)10-6-4-5-7-12(10)15/h2,4-7,9H,1,3,8H2,(H,17,18). The van der Waals surface area contributed by atoms with Crippen molar-refractivity contribution in [2.75, 3.05) is 0 Å². The number of carboxylic acid groups (broad SMARTS) is 1. The van der Waals surface area contributed by atoms with E-state index in [9.17, 15) is 9.59 Å². The van der Waals surface area contributed by atoms with Gasteiger partial charge in [-0.3, -0.25) is 4.79 Å². The van der Waals surface area contributed by atoms with Crippen LogP contribution in [0.2, 0.25) is 0 Å². The van der Waals surface area contributed by atoms with Gasteiger partial charge in [-0.25, -0.2) is 4.79 Å². The van der Waals surface area contributed by atoms with E-state index in [0.717, 1.165) is 5.52 Å². The minimum absolute atomic E-state index is 0.197. The number of hydrogen-bond acceptors (Lipinski definition) is 2. The maximum absolute atomic E-state index is 12.0. The molecule has 18 heavy (non-hydrogen) atoms. The van der Waals surface area contributed by atoms with Crippen LogP contribution in [-0.4, -0.2) is 15.6 Å². The van der Waals surface area contributed by atoms with Crippen LogP contribution in [0.15, 0.2) is 47.9 Å². The van der Waals surface area contributed by atoms with Crippen LogP contribution < -0.4 is 5.43 Å². The second-order valence-corrected chi connectivity index (χ2v) is 3.96. The summed E-state index contributed by atoms with van der Waals surface area (Å²) in [6, 6.07) is 7.01. The number of para-hydroxylation sites is 1. The van der Waals surface area contributed by atoms with Gasteiger partial charge in [0.15, 0.2) is 0 Å². The van der Waals surface area contributed by atoms with Crippen LogP contribution in [0.5, 0.6) is 0 Å². The van der Waals surface area contributed by atoms with Crippen molar-refractivity contribution in [1.29, 1.82) is 0 Å². The molecule has 0 saturated carbocycles. The van der Waals surface area contributed by atoms with E-state index < -0.39 is 11.4 Å². The molecule has 4 heteroatoms. The average Bonchev–Trinajstić information content (AvgIpc) is 2.38. The first kappa shape index (κ1) is 12.1. The Bertz CT molecular complexity index is 670. The Kier molecular flexibility index (Phi) is 3.28. The molecule has 1 aromatic carbocycles. The van der Waals surface area contributed by atoms with Crippen molar-refractivity contribution >= 4 is 16.9 Å². The van der Waals surface area contributed by atoms with Crippen LogP contribution in [-0.2, 0) is 6.54 Å². The third-order valence-electron chi connectivity index (χ3n) is 2.79. The third-order valence-corrected chi connectivity index (χ3v) is 2.79. The van der Waals surface area contributed by atoms with Crippen LogP contribution in [0, 0.1) is 0 Å². The normalized spacial score (nSPS) is 10.4. The van der Waals surface area contributed by atoms with Crippen molar-refractivity contribution < 1.29 is 9.90 Å². The number of pyridine rings is 1. The van der Waals surface area contributed by atoms with Crippen LogP contribution in [0.25, 0.3) is 10.9 Å². The Morgan fingerprint density at radius 2 is 2.11 bits per heavy atom. The Morgan fingerprint density at radius 3 is 2.78 bits per heavy atom. The largest absolute Gasteiger partial charge is 0.477 e. The van der Waals surface area contributed by atoms with E-state index in [0.29, 0.717) is 18.4 Å². The predicted molar refractivity (Wildman–Crippen MR) is 70.0 cm³/mol. The summed E-state index contributed by atoms with van der Waals surface area (Å²) in [4.78, 5) is 23.0. The molecule has 0 amide bonds. The highest BCUT2D eigenvalue weighted by molar-refractivity contribution is 5.92. The first-order valence-electron chi connectivity index (χ1n) is 5.61. The second kappa shape index (κ2) is 4.87. The molecule has 92 valence electrons. The number of aryl methyl sites for hydroxylation is 1. The molecular formula is C14H13NO3. The number of nitrogens with zero attached hydrogens (tertiary/aromatic N) is 1. The van der Waals surface area contributed by atoms with E-state index in [-0.39, 0.29) is 5.56 Å². The van der Waals surface area contributed by atoms with E-state index in [1.807, 2.05) is 12.1 Å². The van der Waals surface area contributed by atoms with Gasteiger partial charge in [-0.15, -0.1) is 6.58 Å². The van der Waals surface area contributed by atoms with Crippen LogP contribution in [0.4, 0.5) is 0 Å². The molecule has 1 N–H and O–H groups in total. The quantitative estimate of drug-likeness (QED) is 0.838. The Balaban J connectivity index is 2.75. The Morgan fingerprint density at radius 1 is 1.39 bits per heavy atom. The molecule has 1 heterocycles. The highest BCUT2D eigenvalue weighted by Crippen LogP contribution is 2.12. The van der Waals surface area contributed by atoms with Crippen molar-refractivity contribution in [3.05, 3.63) is 58.9 Å². The van der Waals surface area contributed by atoms with Gasteiger partial charge in [0.05, 0.1) is 5.52 Å². The van der Waals surface area contributed by atoms with Gasteiger partial charge < -0.3 is 9.67 Å². The highest BCUT2D eigenvalue weighted by atomic mass is 16.4. The van der Waals surface area contributed by atoms with Gasteiger partial charge in [0.2, 0.25) is 5.43 Å². The van der Waals surface area contributed by atoms with Gasteiger partial charge in [-0.05, 0) is 18.6 Å². The lowest BCUT2D eigenvalue weighted by atomic mass is 10.1. The number of hydrogen-bond donors (Lipinski definition) is 1. The third kappa shape index (κ3) is 2.05. The summed E-state index contributed by atoms with van der Waals surface area (Å²) in [6.45, 7) is 4.24. The lowest BCUT2D eigenvalue weighted by Gasteiger charge is -2.10. The van der Waals surface area contributed by atoms with Gasteiger partial charge in [0.1, 0.15) is 5.56 Å². The van der Waals surface area contributed by atoms with Gasteiger partial charge in [-0.2, -0.15) is 0 Å². The Hall–Kier alpha value is -2.36. The van der Waals surface area contributed by atoms with E-state index in [1.54, 1.807) is 22.8 Å². The molecular weight excluding hydrogens is 230 g/mol. The zero-order valence-corrected chi connectivity index (χ0v) is 9.80. The molecule has 0 aliphatic heterocycles. The maximum Gasteiger partial charge on any atom is 0.341 e. The zero-order valence-electron chi connectivity index (χ0n) is 9.80. The minimum atomic E-state index is -1.20. The van der Waals surface area contributed by atoms with E-state index in [1.165, 1.54) is 6.20 Å². The molecule has 0 radical (unpaired) electrons. The molecule has 0 fully saturated rings. The van der Waals surface area contributed by atoms with Crippen molar-refractivity contribution in [2.24, 2.45) is 0 Å². The molecule has 1 aromatic heterocycles. The van der Waals surface area contributed by atoms with E-state index >= 15 is 0 Å². The first-order valence-corrected chi connectivity index (χ1v) is 5.61. The molecule has 2 rings (SSSR count). The summed E-state index contributed by atoms with van der Waals surface area (Å²) in [5, 5.41) is 9.47. The number of carboxylic acids is 1. The predicted octanol–water partition coefficient (Wildman–Crippen LogP) is 2.28. The smallest absolute Gasteiger partial charge is 0.341 e. The molecule has 2 aromatic rings. The van der Waals surface area contributed by atoms with Crippen molar-refractivity contribution in [3.8, 4) is 0 Å². The number of aromatic nitrogens is 1. The summed E-state index contributed by atoms with van der Waals surface area (Å²) >= 11 is 0. The summed E-state index contributed by atoms with van der Waals surface area (Å²) in [5.41, 5.74) is 0.111. The molecule has 0 saturated heterocycles. The molecule has 0 aliphatic carbocycles.